The van der Waals surface area contributed by atoms with Gasteiger partial charge in [0.25, 0.3) is 10.0 Å². The van der Waals surface area contributed by atoms with Gasteiger partial charge in [0.15, 0.2) is 0 Å². The van der Waals surface area contributed by atoms with E-state index < -0.39 is 28.5 Å². The van der Waals surface area contributed by atoms with E-state index in [9.17, 15) is 18.0 Å². The average Bonchev–Trinajstić information content (AvgIpc) is 3.08. The summed E-state index contributed by atoms with van der Waals surface area (Å²) in [4.78, 5) is 29.9. The number of ether oxygens (including phenoxy) is 2. The first-order chi connectivity index (χ1) is 22.2. The van der Waals surface area contributed by atoms with Crippen LogP contribution in [0.5, 0.6) is 11.5 Å². The number of aryl methyl sites for hydroxylation is 1. The summed E-state index contributed by atoms with van der Waals surface area (Å²) in [6.45, 7) is 3.86. The van der Waals surface area contributed by atoms with Crippen LogP contribution in [-0.2, 0) is 32.6 Å². The molecule has 0 bridgehead atoms. The molecule has 4 rings (SSSR count). The van der Waals surface area contributed by atoms with E-state index in [2.05, 4.69) is 5.32 Å². The smallest absolute Gasteiger partial charge is 0.264 e. The van der Waals surface area contributed by atoms with E-state index in [1.807, 2.05) is 68.4 Å². The number of amides is 2. The first-order valence-electron chi connectivity index (χ1n) is 15.1. The molecule has 10 heteroatoms. The third-order valence-corrected chi connectivity index (χ3v) is 9.48. The Kier molecular flexibility index (Phi) is 11.8. The van der Waals surface area contributed by atoms with Crippen LogP contribution in [-0.4, -0.2) is 58.5 Å². The van der Waals surface area contributed by atoms with Crippen LogP contribution in [0.4, 0.5) is 5.69 Å². The molecule has 242 valence electrons. The minimum Gasteiger partial charge on any atom is -0.497 e. The molecule has 0 aromatic heterocycles. The number of anilines is 1. The molecule has 4 aromatic carbocycles. The lowest BCUT2D eigenvalue weighted by Crippen LogP contribution is -2.53. The van der Waals surface area contributed by atoms with Crippen LogP contribution in [0.25, 0.3) is 0 Å². The summed E-state index contributed by atoms with van der Waals surface area (Å²) >= 11 is 0. The molecule has 0 aliphatic carbocycles. The van der Waals surface area contributed by atoms with Crippen molar-refractivity contribution in [3.05, 3.63) is 120 Å². The maximum atomic E-state index is 14.6. The van der Waals surface area contributed by atoms with Crippen molar-refractivity contribution in [2.24, 2.45) is 0 Å². The number of benzene rings is 4. The molecule has 1 N–H and O–H groups in total. The fourth-order valence-electron chi connectivity index (χ4n) is 5.12. The molecule has 9 nitrogen and oxygen atoms in total. The normalized spacial score (nSPS) is 11.7. The zero-order valence-corrected chi connectivity index (χ0v) is 27.5. The van der Waals surface area contributed by atoms with Crippen molar-refractivity contribution in [1.82, 2.24) is 10.2 Å². The van der Waals surface area contributed by atoms with E-state index >= 15 is 0 Å². The molecule has 0 saturated carbocycles. The van der Waals surface area contributed by atoms with Crippen LogP contribution in [0.3, 0.4) is 0 Å². The van der Waals surface area contributed by atoms with Crippen LogP contribution in [0.15, 0.2) is 108 Å². The van der Waals surface area contributed by atoms with Crippen molar-refractivity contribution < 1.29 is 27.5 Å². The number of para-hydroxylation sites is 2. The van der Waals surface area contributed by atoms with E-state index in [4.69, 9.17) is 9.47 Å². The number of methoxy groups -OCH3 is 2. The highest BCUT2D eigenvalue weighted by Crippen LogP contribution is 2.33. The summed E-state index contributed by atoms with van der Waals surface area (Å²) in [5, 5.41) is 2.96. The lowest BCUT2D eigenvalue weighted by molar-refractivity contribution is -0.140. The van der Waals surface area contributed by atoms with Gasteiger partial charge in [-0.1, -0.05) is 73.7 Å². The Labute approximate surface area is 271 Å². The number of nitrogens with one attached hydrogen (secondary N) is 1. The van der Waals surface area contributed by atoms with Crippen LogP contribution < -0.4 is 19.1 Å². The van der Waals surface area contributed by atoms with Crippen LogP contribution in [0.2, 0.25) is 0 Å². The van der Waals surface area contributed by atoms with Crippen LogP contribution in [0.1, 0.15) is 30.0 Å². The second kappa shape index (κ2) is 15.9. The van der Waals surface area contributed by atoms with Crippen LogP contribution in [0, 0.1) is 6.92 Å². The molecular formula is C36H41N3O6S. The molecule has 1 atom stereocenters. The molecule has 0 spiro atoms. The molecule has 0 radical (unpaired) electrons. The predicted octanol–water partition coefficient (Wildman–Crippen LogP) is 5.37. The van der Waals surface area contributed by atoms with Gasteiger partial charge in [-0.15, -0.1) is 0 Å². The Morgan fingerprint density at radius 2 is 1.48 bits per heavy atom. The molecule has 1 unspecified atom stereocenters. The lowest BCUT2D eigenvalue weighted by Gasteiger charge is -2.34. The summed E-state index contributed by atoms with van der Waals surface area (Å²) in [5.74, 6) is -0.0854. The Morgan fingerprint density at radius 1 is 0.826 bits per heavy atom. The Morgan fingerprint density at radius 3 is 2.13 bits per heavy atom. The third kappa shape index (κ3) is 8.25. The van der Waals surface area contributed by atoms with Gasteiger partial charge in [0.2, 0.25) is 11.8 Å². The zero-order valence-electron chi connectivity index (χ0n) is 26.7. The number of carbonyl (C=O) groups excluding carboxylic acids is 2. The number of nitrogens with zero attached hydrogens (tertiary/aromatic N) is 2. The van der Waals surface area contributed by atoms with Gasteiger partial charge >= 0.3 is 0 Å². The van der Waals surface area contributed by atoms with Crippen molar-refractivity contribution in [2.75, 3.05) is 31.6 Å². The Balaban J connectivity index is 1.83. The first kappa shape index (κ1) is 34.1. The predicted molar refractivity (Wildman–Crippen MR) is 179 cm³/mol. The van der Waals surface area contributed by atoms with Crippen molar-refractivity contribution >= 4 is 27.5 Å². The van der Waals surface area contributed by atoms with E-state index in [0.29, 0.717) is 12.3 Å². The largest absolute Gasteiger partial charge is 0.497 e. The minimum atomic E-state index is -4.29. The monoisotopic (exact) mass is 643 g/mol. The van der Waals surface area contributed by atoms with Crippen molar-refractivity contribution in [3.8, 4) is 11.5 Å². The van der Waals surface area contributed by atoms with Gasteiger partial charge in [-0.2, -0.15) is 0 Å². The number of carbonyl (C=O) groups is 2. The second-order valence-corrected chi connectivity index (χ2v) is 12.7. The Hall–Kier alpha value is -4.83. The molecular weight excluding hydrogens is 602 g/mol. The number of hydrogen-bond acceptors (Lipinski definition) is 6. The van der Waals surface area contributed by atoms with Crippen molar-refractivity contribution in [3.63, 3.8) is 0 Å². The van der Waals surface area contributed by atoms with E-state index in [1.165, 1.54) is 31.3 Å². The van der Waals surface area contributed by atoms with Gasteiger partial charge in [0.05, 0.1) is 24.8 Å². The quantitative estimate of drug-likeness (QED) is 0.187. The summed E-state index contributed by atoms with van der Waals surface area (Å²) in [7, 11) is -1.35. The fourth-order valence-corrected chi connectivity index (χ4v) is 6.54. The standard InChI is InChI=1S/C36H41N3O6S/c1-5-23-37-36(41)33(24-28-14-7-6-8-15-28)38(25-29-16-10-9-13-27(29)2)35(40)26-39(32-17-11-12-18-34(32)45-4)46(42,43)31-21-19-30(44-3)20-22-31/h6-22,33H,5,23-26H2,1-4H3,(H,37,41). The second-order valence-electron chi connectivity index (χ2n) is 10.8. The molecule has 0 fully saturated rings. The number of sulfonamides is 1. The summed E-state index contributed by atoms with van der Waals surface area (Å²) in [6.07, 6.45) is 0.963. The highest BCUT2D eigenvalue weighted by atomic mass is 32.2. The first-order valence-corrected chi connectivity index (χ1v) is 16.6. The van der Waals surface area contributed by atoms with Gasteiger partial charge in [-0.05, 0) is 66.4 Å². The number of rotatable bonds is 15. The molecule has 46 heavy (non-hydrogen) atoms. The topological polar surface area (TPSA) is 105 Å². The molecule has 0 heterocycles. The highest BCUT2D eigenvalue weighted by Gasteiger charge is 2.35. The lowest BCUT2D eigenvalue weighted by atomic mass is 10.0. The zero-order chi connectivity index (χ0) is 33.1. The van der Waals surface area contributed by atoms with Gasteiger partial charge < -0.3 is 19.7 Å². The molecule has 0 aliphatic heterocycles. The number of hydrogen-bond donors (Lipinski definition) is 1. The van der Waals surface area contributed by atoms with Gasteiger partial charge in [-0.3, -0.25) is 13.9 Å². The summed E-state index contributed by atoms with van der Waals surface area (Å²) in [6, 6.07) is 28.8. The van der Waals surface area contributed by atoms with Crippen molar-refractivity contribution in [2.45, 2.75) is 44.2 Å². The van der Waals surface area contributed by atoms with Gasteiger partial charge in [0.1, 0.15) is 24.1 Å². The minimum absolute atomic E-state index is 0.0287. The molecule has 2 amide bonds. The van der Waals surface area contributed by atoms with Gasteiger partial charge in [0, 0.05) is 19.5 Å². The van der Waals surface area contributed by atoms with E-state index in [1.54, 1.807) is 36.4 Å². The maximum Gasteiger partial charge on any atom is 0.264 e. The van der Waals surface area contributed by atoms with E-state index in [-0.39, 0.29) is 35.2 Å². The summed E-state index contributed by atoms with van der Waals surface area (Å²) < 4.78 is 40.4. The van der Waals surface area contributed by atoms with Crippen molar-refractivity contribution in [1.29, 1.82) is 0 Å². The molecule has 0 aliphatic rings. The average molecular weight is 644 g/mol. The van der Waals surface area contributed by atoms with E-state index in [0.717, 1.165) is 27.4 Å². The third-order valence-electron chi connectivity index (χ3n) is 7.70. The summed E-state index contributed by atoms with van der Waals surface area (Å²) in [5.41, 5.74) is 2.86. The van der Waals surface area contributed by atoms with Crippen LogP contribution >= 0.6 is 0 Å². The molecule has 4 aromatic rings. The fraction of sp³-hybridized carbons (Fsp3) is 0.278. The SMILES string of the molecule is CCCNC(=O)C(Cc1ccccc1)N(Cc1ccccc1C)C(=O)CN(c1ccccc1OC)S(=O)(=O)c1ccc(OC)cc1. The maximum absolute atomic E-state index is 14.6. The highest BCUT2D eigenvalue weighted by molar-refractivity contribution is 7.92. The van der Waals surface area contributed by atoms with Gasteiger partial charge in [-0.25, -0.2) is 8.42 Å². The Bertz CT molecular complexity index is 1710. The molecule has 0 saturated heterocycles.